The van der Waals surface area contributed by atoms with E-state index < -0.39 is 10.0 Å². The average Bonchev–Trinajstić information content (AvgIpc) is 3.63. The Kier molecular flexibility index (Phi) is 5.45. The van der Waals surface area contributed by atoms with Crippen LogP contribution in [0.3, 0.4) is 0 Å². The number of rotatable bonds is 6. The minimum Gasteiger partial charge on any atom is -0.336 e. The molecule has 0 bridgehead atoms. The molecule has 32 heavy (non-hydrogen) atoms. The number of sulfonamides is 1. The number of benzene rings is 2. The summed E-state index contributed by atoms with van der Waals surface area (Å²) in [4.78, 5) is 21.4. The molecule has 164 valence electrons. The average molecular weight is 449 g/mol. The van der Waals surface area contributed by atoms with Gasteiger partial charge in [-0.1, -0.05) is 11.8 Å². The molecule has 2 heterocycles. The third-order valence-electron chi connectivity index (χ3n) is 6.01. The number of nitrogens with one attached hydrogen (secondary N) is 1. The Morgan fingerprint density at radius 1 is 1.06 bits per heavy atom. The van der Waals surface area contributed by atoms with Crippen molar-refractivity contribution in [1.29, 1.82) is 0 Å². The van der Waals surface area contributed by atoms with E-state index >= 15 is 0 Å². The van der Waals surface area contributed by atoms with Crippen LogP contribution in [-0.2, 0) is 10.0 Å². The number of carbonyl (C=O) groups is 1. The summed E-state index contributed by atoms with van der Waals surface area (Å²) in [5, 5.41) is 0.917. The monoisotopic (exact) mass is 448 g/mol. The van der Waals surface area contributed by atoms with Crippen LogP contribution in [0.2, 0.25) is 0 Å². The summed E-state index contributed by atoms with van der Waals surface area (Å²) in [6, 6.07) is 11.5. The molecule has 2 aliphatic heterocycles. The number of hydrogen-bond donors (Lipinski definition) is 1. The van der Waals surface area contributed by atoms with Crippen molar-refractivity contribution in [2.24, 2.45) is 10.9 Å². The maximum atomic E-state index is 12.9. The van der Waals surface area contributed by atoms with Crippen LogP contribution in [-0.4, -0.2) is 56.8 Å². The Morgan fingerprint density at radius 2 is 1.81 bits per heavy atom. The first-order chi connectivity index (χ1) is 15.5. The molecule has 0 radical (unpaired) electrons. The second-order valence-electron chi connectivity index (χ2n) is 8.40. The predicted octanol–water partition coefficient (Wildman–Crippen LogP) is 1.34. The van der Waals surface area contributed by atoms with Crippen molar-refractivity contribution < 1.29 is 13.2 Å². The fourth-order valence-electron chi connectivity index (χ4n) is 4.05. The van der Waals surface area contributed by atoms with E-state index in [4.69, 9.17) is 0 Å². The first-order valence-electron chi connectivity index (χ1n) is 10.8. The van der Waals surface area contributed by atoms with Crippen molar-refractivity contribution in [2.75, 3.05) is 37.4 Å². The largest absolute Gasteiger partial charge is 0.336 e. The highest BCUT2D eigenvalue weighted by Crippen LogP contribution is 2.30. The molecular formula is C24H24N4O3S. The van der Waals surface area contributed by atoms with E-state index in [-0.39, 0.29) is 10.8 Å². The second-order valence-corrected chi connectivity index (χ2v) is 10.0. The van der Waals surface area contributed by atoms with Gasteiger partial charge in [-0.3, -0.25) is 14.4 Å². The summed E-state index contributed by atoms with van der Waals surface area (Å²) in [6.45, 7) is 4.42. The molecular weight excluding hydrogens is 424 g/mol. The number of hydrogen-bond acceptors (Lipinski definition) is 5. The highest BCUT2D eigenvalue weighted by molar-refractivity contribution is 7.92. The molecule has 2 fully saturated rings. The fraction of sp³-hybridized carbons (Fsp3) is 0.333. The number of piperazine rings is 1. The number of fused-ring (bicyclic) bond motifs is 1. The SMILES string of the molecule is O=C(c1ccc(NS(=O)(=O)c2cccc3c2=NC=C=C=3)cc1)N1CCN(CC2CC2)CC1. The third kappa shape index (κ3) is 4.40. The minimum atomic E-state index is -3.85. The zero-order chi connectivity index (χ0) is 22.1. The molecule has 1 aliphatic carbocycles. The fourth-order valence-corrected chi connectivity index (χ4v) is 5.28. The van der Waals surface area contributed by atoms with Crippen molar-refractivity contribution in [2.45, 2.75) is 17.7 Å². The van der Waals surface area contributed by atoms with Crippen LogP contribution in [0.4, 0.5) is 5.69 Å². The number of anilines is 1. The number of amides is 1. The van der Waals surface area contributed by atoms with Gasteiger partial charge in [0.1, 0.15) is 4.90 Å². The molecule has 0 aromatic heterocycles. The van der Waals surface area contributed by atoms with Crippen molar-refractivity contribution >= 4 is 27.3 Å². The first kappa shape index (κ1) is 20.7. The van der Waals surface area contributed by atoms with Gasteiger partial charge >= 0.3 is 0 Å². The molecule has 7 nitrogen and oxygen atoms in total. The summed E-state index contributed by atoms with van der Waals surface area (Å²) in [7, 11) is -3.85. The molecule has 1 saturated heterocycles. The van der Waals surface area contributed by atoms with E-state index in [0.29, 0.717) is 21.8 Å². The molecule has 0 unspecified atom stereocenters. The lowest BCUT2D eigenvalue weighted by Crippen LogP contribution is -2.49. The van der Waals surface area contributed by atoms with Gasteiger partial charge in [0.05, 0.1) is 16.8 Å². The number of nitrogens with zero attached hydrogens (tertiary/aromatic N) is 3. The molecule has 1 N–H and O–H groups in total. The predicted molar refractivity (Wildman–Crippen MR) is 121 cm³/mol. The summed E-state index contributed by atoms with van der Waals surface area (Å²) < 4.78 is 28.5. The maximum Gasteiger partial charge on any atom is 0.264 e. The number of para-hydroxylation sites is 1. The van der Waals surface area contributed by atoms with Gasteiger partial charge in [0.15, 0.2) is 0 Å². The van der Waals surface area contributed by atoms with Gasteiger partial charge < -0.3 is 4.90 Å². The molecule has 2 aromatic rings. The summed E-state index contributed by atoms with van der Waals surface area (Å²) >= 11 is 0. The summed E-state index contributed by atoms with van der Waals surface area (Å²) in [6.07, 6.45) is 4.07. The smallest absolute Gasteiger partial charge is 0.264 e. The zero-order valence-electron chi connectivity index (χ0n) is 17.6. The van der Waals surface area contributed by atoms with Gasteiger partial charge in [-0.25, -0.2) is 13.4 Å². The molecule has 1 saturated carbocycles. The molecule has 3 aliphatic rings. The molecule has 8 heteroatoms. The summed E-state index contributed by atoms with van der Waals surface area (Å²) in [5.41, 5.74) is 6.54. The van der Waals surface area contributed by atoms with Crippen LogP contribution >= 0.6 is 0 Å². The topological polar surface area (TPSA) is 82.1 Å². The Labute approximate surface area is 187 Å². The Balaban J connectivity index is 1.26. The lowest BCUT2D eigenvalue weighted by Gasteiger charge is -2.34. The van der Waals surface area contributed by atoms with Crippen LogP contribution in [0.1, 0.15) is 23.2 Å². The van der Waals surface area contributed by atoms with Crippen LogP contribution < -0.4 is 15.3 Å². The van der Waals surface area contributed by atoms with E-state index in [1.54, 1.807) is 36.4 Å². The zero-order valence-corrected chi connectivity index (χ0v) is 18.4. The quantitative estimate of drug-likeness (QED) is 0.676. The lowest BCUT2D eigenvalue weighted by molar-refractivity contribution is 0.0632. The van der Waals surface area contributed by atoms with Gasteiger partial charge in [0.2, 0.25) is 0 Å². The van der Waals surface area contributed by atoms with Gasteiger partial charge in [-0.15, -0.1) is 0 Å². The van der Waals surface area contributed by atoms with Gasteiger partial charge in [0.25, 0.3) is 15.9 Å². The highest BCUT2D eigenvalue weighted by atomic mass is 32.2. The van der Waals surface area contributed by atoms with Gasteiger partial charge in [0, 0.05) is 44.0 Å². The molecule has 5 rings (SSSR count). The van der Waals surface area contributed by atoms with Crippen LogP contribution in [0.15, 0.2) is 64.3 Å². The number of carbonyl (C=O) groups excluding carboxylic acids is 1. The van der Waals surface area contributed by atoms with Crippen molar-refractivity contribution in [3.63, 3.8) is 0 Å². The Bertz CT molecular complexity index is 1340. The van der Waals surface area contributed by atoms with E-state index in [9.17, 15) is 13.2 Å². The second kappa shape index (κ2) is 8.41. The minimum absolute atomic E-state index is 0.0180. The van der Waals surface area contributed by atoms with E-state index in [2.05, 4.69) is 26.1 Å². The van der Waals surface area contributed by atoms with Crippen molar-refractivity contribution in [3.05, 3.63) is 70.5 Å². The lowest BCUT2D eigenvalue weighted by atomic mass is 10.1. The highest BCUT2D eigenvalue weighted by Gasteiger charge is 2.28. The first-order valence-corrected chi connectivity index (χ1v) is 12.3. The third-order valence-corrected chi connectivity index (χ3v) is 7.42. The Morgan fingerprint density at radius 3 is 2.53 bits per heavy atom. The summed E-state index contributed by atoms with van der Waals surface area (Å²) in [5.74, 6) is 0.838. The van der Waals surface area contributed by atoms with Gasteiger partial charge in [-0.05, 0) is 60.9 Å². The molecule has 1 amide bonds. The molecule has 0 atom stereocenters. The van der Waals surface area contributed by atoms with Crippen LogP contribution in [0, 0.1) is 5.92 Å². The van der Waals surface area contributed by atoms with E-state index in [1.807, 2.05) is 4.90 Å². The Hall–Kier alpha value is -3.15. The van der Waals surface area contributed by atoms with Crippen molar-refractivity contribution in [1.82, 2.24) is 9.80 Å². The van der Waals surface area contributed by atoms with Gasteiger partial charge in [-0.2, -0.15) is 0 Å². The van der Waals surface area contributed by atoms with E-state index in [1.165, 1.54) is 25.1 Å². The molecule has 2 aromatic carbocycles. The molecule has 0 spiro atoms. The van der Waals surface area contributed by atoms with E-state index in [0.717, 1.165) is 38.6 Å². The normalized spacial score (nSPS) is 17.9. The standard InChI is InChI=1S/C24H24N4O3S/c29-24(28-15-13-27(14-16-28)17-18-6-7-18)20-8-10-21(11-9-20)26-32(30,31)22-5-1-3-19-4-2-12-25-23(19)22/h1,3,5,8-12,18,26H,6-7,13-17H2. The van der Waals surface area contributed by atoms with Crippen LogP contribution in [0.25, 0.3) is 5.73 Å². The van der Waals surface area contributed by atoms with Crippen molar-refractivity contribution in [3.8, 4) is 0 Å². The van der Waals surface area contributed by atoms with Crippen LogP contribution in [0.5, 0.6) is 0 Å². The maximum absolute atomic E-state index is 12.9.